The fourth-order valence-corrected chi connectivity index (χ4v) is 4.07. The van der Waals surface area contributed by atoms with E-state index < -0.39 is 0 Å². The lowest BCUT2D eigenvalue weighted by Gasteiger charge is -2.38. The molecule has 0 radical (unpaired) electrons. The summed E-state index contributed by atoms with van der Waals surface area (Å²) in [5, 5.41) is 4.29. The molecule has 1 unspecified atom stereocenters. The molecule has 2 fully saturated rings. The Balaban J connectivity index is 0.00000208. The minimum Gasteiger partial charge on any atom is -0.336 e. The molecule has 1 amide bonds. The van der Waals surface area contributed by atoms with Crippen LogP contribution in [0.4, 0.5) is 0 Å². The van der Waals surface area contributed by atoms with Gasteiger partial charge in [0.05, 0.1) is 15.6 Å². The van der Waals surface area contributed by atoms with E-state index in [1.807, 2.05) is 4.90 Å². The molecule has 24 heavy (non-hydrogen) atoms. The summed E-state index contributed by atoms with van der Waals surface area (Å²) in [6.45, 7) is 8.89. The highest BCUT2D eigenvalue weighted by Crippen LogP contribution is 2.28. The number of carbonyl (C=O) groups excluding carboxylic acids is 1. The van der Waals surface area contributed by atoms with Crippen LogP contribution in [0.25, 0.3) is 0 Å². The van der Waals surface area contributed by atoms with Crippen molar-refractivity contribution in [3.05, 3.63) is 33.8 Å². The molecule has 1 aromatic carbocycles. The van der Waals surface area contributed by atoms with Gasteiger partial charge in [-0.3, -0.25) is 9.69 Å². The molecule has 134 valence electrons. The predicted molar refractivity (Wildman–Crippen MR) is 102 cm³/mol. The van der Waals surface area contributed by atoms with Gasteiger partial charge in [-0.05, 0) is 30.5 Å². The van der Waals surface area contributed by atoms with Crippen LogP contribution in [0, 0.1) is 5.41 Å². The largest absolute Gasteiger partial charge is 0.336 e. The maximum absolute atomic E-state index is 12.7. The van der Waals surface area contributed by atoms with Crippen LogP contribution in [0.2, 0.25) is 10.0 Å². The molecule has 7 heteroatoms. The average Bonchev–Trinajstić information content (AvgIpc) is 2.94. The minimum atomic E-state index is -0.0611. The first-order valence-electron chi connectivity index (χ1n) is 8.15. The minimum absolute atomic E-state index is 0. The first-order valence-corrected chi connectivity index (χ1v) is 8.90. The Kier molecular flexibility index (Phi) is 6.80. The number of benzene rings is 1. The molecule has 0 aromatic heterocycles. The summed E-state index contributed by atoms with van der Waals surface area (Å²) in [7, 11) is 0. The van der Waals surface area contributed by atoms with E-state index in [-0.39, 0.29) is 18.3 Å². The smallest absolute Gasteiger partial charge is 0.256 e. The van der Waals surface area contributed by atoms with Gasteiger partial charge in [-0.2, -0.15) is 0 Å². The van der Waals surface area contributed by atoms with Gasteiger partial charge >= 0.3 is 0 Å². The first kappa shape index (κ1) is 19.8. The number of nitrogens with zero attached hydrogens (tertiary/aromatic N) is 2. The van der Waals surface area contributed by atoms with E-state index in [1.165, 1.54) is 6.42 Å². The van der Waals surface area contributed by atoms with Gasteiger partial charge in [0.25, 0.3) is 5.91 Å². The van der Waals surface area contributed by atoms with Crippen molar-refractivity contribution in [3.8, 4) is 0 Å². The van der Waals surface area contributed by atoms with Gasteiger partial charge in [0, 0.05) is 39.3 Å². The molecule has 1 atom stereocenters. The van der Waals surface area contributed by atoms with Crippen molar-refractivity contribution >= 4 is 41.5 Å². The third-order valence-electron chi connectivity index (χ3n) is 4.90. The lowest BCUT2D eigenvalue weighted by atomic mass is 9.89. The zero-order chi connectivity index (χ0) is 16.4. The quantitative estimate of drug-likeness (QED) is 0.858. The summed E-state index contributed by atoms with van der Waals surface area (Å²) in [4.78, 5) is 17.0. The second-order valence-electron chi connectivity index (χ2n) is 6.90. The summed E-state index contributed by atoms with van der Waals surface area (Å²) in [6.07, 6.45) is 1.22. The number of rotatable bonds is 3. The first-order chi connectivity index (χ1) is 11.0. The maximum Gasteiger partial charge on any atom is 0.256 e. The average molecular weight is 393 g/mol. The van der Waals surface area contributed by atoms with Crippen LogP contribution in [0.5, 0.6) is 0 Å². The molecule has 0 saturated carbocycles. The van der Waals surface area contributed by atoms with Gasteiger partial charge in [0.1, 0.15) is 0 Å². The second kappa shape index (κ2) is 8.24. The van der Waals surface area contributed by atoms with E-state index in [0.29, 0.717) is 21.0 Å². The number of carbonyl (C=O) groups is 1. The van der Waals surface area contributed by atoms with Crippen LogP contribution in [0.1, 0.15) is 23.7 Å². The number of hydrogen-bond donors (Lipinski definition) is 1. The number of hydrogen-bond acceptors (Lipinski definition) is 3. The van der Waals surface area contributed by atoms with Crippen molar-refractivity contribution in [1.29, 1.82) is 0 Å². The van der Waals surface area contributed by atoms with Gasteiger partial charge in [0.15, 0.2) is 0 Å². The van der Waals surface area contributed by atoms with Gasteiger partial charge in [-0.15, -0.1) is 12.4 Å². The molecule has 3 rings (SSSR count). The normalized spacial score (nSPS) is 24.7. The van der Waals surface area contributed by atoms with Crippen LogP contribution >= 0.6 is 35.6 Å². The monoisotopic (exact) mass is 391 g/mol. The summed E-state index contributed by atoms with van der Waals surface area (Å²) < 4.78 is 0. The molecule has 0 spiro atoms. The number of piperazine rings is 1. The Morgan fingerprint density at radius 1 is 1.21 bits per heavy atom. The zero-order valence-electron chi connectivity index (χ0n) is 13.9. The molecule has 4 nitrogen and oxygen atoms in total. The van der Waals surface area contributed by atoms with Gasteiger partial charge in [-0.1, -0.05) is 36.2 Å². The molecule has 2 aliphatic rings. The molecule has 1 N–H and O–H groups in total. The molecule has 2 heterocycles. The fraction of sp³-hybridized carbons (Fsp3) is 0.588. The molecule has 0 bridgehead atoms. The van der Waals surface area contributed by atoms with E-state index in [1.54, 1.807) is 18.2 Å². The van der Waals surface area contributed by atoms with Crippen molar-refractivity contribution in [2.45, 2.75) is 13.3 Å². The Labute approximate surface area is 159 Å². The van der Waals surface area contributed by atoms with E-state index in [9.17, 15) is 4.79 Å². The van der Waals surface area contributed by atoms with Crippen molar-refractivity contribution < 1.29 is 4.79 Å². The van der Waals surface area contributed by atoms with Crippen molar-refractivity contribution in [3.63, 3.8) is 0 Å². The summed E-state index contributed by atoms with van der Waals surface area (Å²) in [6, 6.07) is 5.19. The van der Waals surface area contributed by atoms with E-state index in [2.05, 4.69) is 17.1 Å². The van der Waals surface area contributed by atoms with E-state index in [0.717, 1.165) is 45.8 Å². The number of amides is 1. The molecular weight excluding hydrogens is 369 g/mol. The zero-order valence-corrected chi connectivity index (χ0v) is 16.2. The summed E-state index contributed by atoms with van der Waals surface area (Å²) in [5.74, 6) is -0.0611. The van der Waals surface area contributed by atoms with Gasteiger partial charge in [-0.25, -0.2) is 0 Å². The molecule has 2 aliphatic heterocycles. The molecule has 2 saturated heterocycles. The lowest BCUT2D eigenvalue weighted by Crippen LogP contribution is -2.51. The number of nitrogens with one attached hydrogen (secondary N) is 1. The van der Waals surface area contributed by atoms with Crippen molar-refractivity contribution in [2.75, 3.05) is 45.8 Å². The number of halogens is 3. The Morgan fingerprint density at radius 2 is 1.83 bits per heavy atom. The topological polar surface area (TPSA) is 35.6 Å². The van der Waals surface area contributed by atoms with Crippen LogP contribution < -0.4 is 5.32 Å². The van der Waals surface area contributed by atoms with Crippen LogP contribution in [-0.2, 0) is 0 Å². The van der Waals surface area contributed by atoms with Crippen LogP contribution in [0.3, 0.4) is 0 Å². The maximum atomic E-state index is 12.7. The SMILES string of the molecule is CC1(CN2CCN(C(=O)c3c(Cl)cccc3Cl)CC2)CCNC1.Cl. The lowest BCUT2D eigenvalue weighted by molar-refractivity contribution is 0.0582. The molecule has 1 aromatic rings. The fourth-order valence-electron chi connectivity index (χ4n) is 3.51. The summed E-state index contributed by atoms with van der Waals surface area (Å²) in [5.41, 5.74) is 0.786. The van der Waals surface area contributed by atoms with Gasteiger partial charge in [0.2, 0.25) is 0 Å². The third kappa shape index (κ3) is 4.36. The van der Waals surface area contributed by atoms with Crippen LogP contribution in [-0.4, -0.2) is 61.5 Å². The Hall–Kier alpha value is -0.520. The highest BCUT2D eigenvalue weighted by atomic mass is 35.5. The van der Waals surface area contributed by atoms with E-state index >= 15 is 0 Å². The standard InChI is InChI=1S/C17H23Cl2N3O.ClH/c1-17(5-6-20-11-17)12-21-7-9-22(10-8-21)16(23)15-13(18)3-2-4-14(15)19;/h2-4,20H,5-12H2,1H3;1H. The molecule has 0 aliphatic carbocycles. The predicted octanol–water partition coefficient (Wildman–Crippen LogP) is 3.17. The Morgan fingerprint density at radius 3 is 2.38 bits per heavy atom. The second-order valence-corrected chi connectivity index (χ2v) is 7.72. The molecular formula is C17H24Cl3N3O. The third-order valence-corrected chi connectivity index (χ3v) is 5.53. The summed E-state index contributed by atoms with van der Waals surface area (Å²) >= 11 is 12.3. The van der Waals surface area contributed by atoms with Crippen molar-refractivity contribution in [2.24, 2.45) is 5.41 Å². The highest BCUT2D eigenvalue weighted by Gasteiger charge is 2.32. The highest BCUT2D eigenvalue weighted by molar-refractivity contribution is 6.39. The Bertz CT molecular complexity index is 562. The van der Waals surface area contributed by atoms with Crippen LogP contribution in [0.15, 0.2) is 18.2 Å². The van der Waals surface area contributed by atoms with Crippen molar-refractivity contribution in [1.82, 2.24) is 15.1 Å². The van der Waals surface area contributed by atoms with E-state index in [4.69, 9.17) is 23.2 Å². The van der Waals surface area contributed by atoms with Gasteiger partial charge < -0.3 is 10.2 Å².